The van der Waals surface area contributed by atoms with Crippen molar-refractivity contribution in [2.45, 2.75) is 33.1 Å². The molecule has 1 aliphatic heterocycles. The fraction of sp³-hybridized carbons (Fsp3) is 0.304. The summed E-state index contributed by atoms with van der Waals surface area (Å²) < 4.78 is 0. The van der Waals surface area contributed by atoms with E-state index in [9.17, 15) is 14.7 Å². The molecule has 10 nitrogen and oxygen atoms in total. The average Bonchev–Trinajstić information content (AvgIpc) is 3.29. The second-order valence-corrected chi connectivity index (χ2v) is 7.60. The maximum atomic E-state index is 12.6. The number of carbonyl (C=O) groups is 3. The Morgan fingerprint density at radius 3 is 2.33 bits per heavy atom. The molecule has 6 N–H and O–H groups in total. The Hall–Kier alpha value is -4.08. The Morgan fingerprint density at radius 1 is 1.12 bits per heavy atom. The number of phenols is 1. The van der Waals surface area contributed by atoms with Crippen molar-refractivity contribution in [2.24, 2.45) is 10.9 Å². The first kappa shape index (κ1) is 25.2. The van der Waals surface area contributed by atoms with Crippen LogP contribution in [-0.2, 0) is 16.0 Å². The molecule has 0 aliphatic carbocycles. The summed E-state index contributed by atoms with van der Waals surface area (Å²) in [7, 11) is 0. The molecule has 0 spiro atoms. The number of anilines is 1. The van der Waals surface area contributed by atoms with Gasteiger partial charge in [-0.05, 0) is 61.7 Å². The number of carbonyl (C=O) groups excluding carboxylic acids is 2. The standard InChI is InChI=1S/C21H24N4O4.C2H4O2/c1-13-10-16(5-6-17(13)21(28)25-8-2-3-9-25)23-19(27)12-15-11-14(20(22)24-29)4-7-18(15)26;1-2(3)4/h4-7,10-11,26,29H,2-3,8-9,12H2,1H3,(H2,22,24)(H,23,27);1H3,(H,3,4). The smallest absolute Gasteiger partial charge is 0.300 e. The van der Waals surface area contributed by atoms with Gasteiger partial charge in [-0.2, -0.15) is 0 Å². The number of amides is 2. The highest BCUT2D eigenvalue weighted by atomic mass is 16.4. The lowest BCUT2D eigenvalue weighted by molar-refractivity contribution is -0.134. The molecule has 33 heavy (non-hydrogen) atoms. The fourth-order valence-corrected chi connectivity index (χ4v) is 3.39. The van der Waals surface area contributed by atoms with Gasteiger partial charge >= 0.3 is 0 Å². The molecule has 0 bridgehead atoms. The predicted molar refractivity (Wildman–Crippen MR) is 123 cm³/mol. The van der Waals surface area contributed by atoms with Gasteiger partial charge in [0.25, 0.3) is 11.9 Å². The van der Waals surface area contributed by atoms with Crippen molar-refractivity contribution in [1.29, 1.82) is 0 Å². The normalized spacial score (nSPS) is 13.2. The number of aromatic hydroxyl groups is 1. The first-order valence-electron chi connectivity index (χ1n) is 10.3. The summed E-state index contributed by atoms with van der Waals surface area (Å²) in [5, 5.41) is 31.9. The van der Waals surface area contributed by atoms with E-state index in [0.29, 0.717) is 22.4 Å². The number of hydrogen-bond acceptors (Lipinski definition) is 6. The Kier molecular flexibility index (Phi) is 8.79. The van der Waals surface area contributed by atoms with Crippen LogP contribution in [0.25, 0.3) is 0 Å². The number of rotatable bonds is 5. The molecule has 10 heteroatoms. The van der Waals surface area contributed by atoms with Crippen LogP contribution in [0.4, 0.5) is 5.69 Å². The Labute approximate surface area is 191 Å². The van der Waals surface area contributed by atoms with E-state index in [-0.39, 0.29) is 29.8 Å². The first-order valence-corrected chi connectivity index (χ1v) is 10.3. The largest absolute Gasteiger partial charge is 0.508 e. The van der Waals surface area contributed by atoms with E-state index in [2.05, 4.69) is 10.5 Å². The van der Waals surface area contributed by atoms with E-state index in [1.807, 2.05) is 11.8 Å². The van der Waals surface area contributed by atoms with Gasteiger partial charge in [-0.3, -0.25) is 14.4 Å². The van der Waals surface area contributed by atoms with E-state index >= 15 is 0 Å². The Bertz CT molecular complexity index is 1060. The third-order valence-corrected chi connectivity index (χ3v) is 4.97. The van der Waals surface area contributed by atoms with Crippen molar-refractivity contribution in [3.05, 3.63) is 58.7 Å². The van der Waals surface area contributed by atoms with Crippen LogP contribution in [0.1, 0.15) is 46.8 Å². The Morgan fingerprint density at radius 2 is 1.76 bits per heavy atom. The third-order valence-electron chi connectivity index (χ3n) is 4.97. The minimum absolute atomic E-state index is 0.0164. The molecule has 1 heterocycles. The van der Waals surface area contributed by atoms with Gasteiger partial charge in [0.2, 0.25) is 5.91 Å². The number of nitrogens with zero attached hydrogens (tertiary/aromatic N) is 2. The number of aliphatic carboxylic acids is 1. The summed E-state index contributed by atoms with van der Waals surface area (Å²) in [6.07, 6.45) is 1.97. The summed E-state index contributed by atoms with van der Waals surface area (Å²) in [6, 6.07) is 9.55. The number of hydrogen-bond donors (Lipinski definition) is 5. The van der Waals surface area contributed by atoms with E-state index in [0.717, 1.165) is 38.4 Å². The number of carboxylic acid groups (broad SMARTS) is 1. The molecular formula is C23H28N4O6. The average molecular weight is 456 g/mol. The van der Waals surface area contributed by atoms with Crippen LogP contribution in [0.15, 0.2) is 41.6 Å². The molecule has 2 aromatic carbocycles. The summed E-state index contributed by atoms with van der Waals surface area (Å²) in [6.45, 7) is 4.49. The highest BCUT2D eigenvalue weighted by Gasteiger charge is 2.21. The lowest BCUT2D eigenvalue weighted by Crippen LogP contribution is -2.28. The van der Waals surface area contributed by atoms with Crippen molar-refractivity contribution in [3.63, 3.8) is 0 Å². The number of nitrogens with two attached hydrogens (primary N) is 1. The van der Waals surface area contributed by atoms with Gasteiger partial charge in [-0.15, -0.1) is 0 Å². The lowest BCUT2D eigenvalue weighted by Gasteiger charge is -2.17. The highest BCUT2D eigenvalue weighted by Crippen LogP contribution is 2.22. The zero-order valence-electron chi connectivity index (χ0n) is 18.5. The van der Waals surface area contributed by atoms with Crippen LogP contribution in [0, 0.1) is 6.92 Å². The number of nitrogens with one attached hydrogen (secondary N) is 1. The molecule has 3 rings (SSSR count). The van der Waals surface area contributed by atoms with Gasteiger partial charge in [-0.1, -0.05) is 5.16 Å². The number of phenolic OH excluding ortho intramolecular Hbond substituents is 1. The third kappa shape index (κ3) is 7.23. The molecule has 0 unspecified atom stereocenters. The molecule has 0 saturated carbocycles. The molecule has 2 aromatic rings. The topological polar surface area (TPSA) is 166 Å². The number of carboxylic acids is 1. The van der Waals surface area contributed by atoms with Crippen molar-refractivity contribution in [1.82, 2.24) is 4.90 Å². The van der Waals surface area contributed by atoms with Crippen molar-refractivity contribution >= 4 is 29.3 Å². The van der Waals surface area contributed by atoms with Crippen LogP contribution in [-0.4, -0.2) is 57.0 Å². The van der Waals surface area contributed by atoms with Crippen LogP contribution in [0.5, 0.6) is 5.75 Å². The van der Waals surface area contributed by atoms with Crippen molar-refractivity contribution in [2.75, 3.05) is 18.4 Å². The number of aryl methyl sites for hydroxylation is 1. The van der Waals surface area contributed by atoms with E-state index in [4.69, 9.17) is 20.8 Å². The van der Waals surface area contributed by atoms with Gasteiger partial charge < -0.3 is 31.4 Å². The fourth-order valence-electron chi connectivity index (χ4n) is 3.39. The lowest BCUT2D eigenvalue weighted by atomic mass is 10.0. The highest BCUT2D eigenvalue weighted by molar-refractivity contribution is 5.99. The van der Waals surface area contributed by atoms with Gasteiger partial charge in [0.1, 0.15) is 5.75 Å². The minimum atomic E-state index is -0.833. The van der Waals surface area contributed by atoms with E-state index < -0.39 is 5.97 Å². The predicted octanol–water partition coefficient (Wildman–Crippen LogP) is 2.30. The van der Waals surface area contributed by atoms with Crippen LogP contribution in [0.2, 0.25) is 0 Å². The Balaban J connectivity index is 0.000000890. The van der Waals surface area contributed by atoms with Gasteiger partial charge in [-0.25, -0.2) is 0 Å². The molecule has 1 aliphatic rings. The molecule has 176 valence electrons. The van der Waals surface area contributed by atoms with E-state index in [1.165, 1.54) is 18.2 Å². The van der Waals surface area contributed by atoms with Crippen molar-refractivity contribution < 1.29 is 29.8 Å². The number of oxime groups is 1. The summed E-state index contributed by atoms with van der Waals surface area (Å²) in [5.41, 5.74) is 8.29. The molecule has 2 amide bonds. The van der Waals surface area contributed by atoms with Crippen molar-refractivity contribution in [3.8, 4) is 5.75 Å². The second kappa shape index (κ2) is 11.5. The van der Waals surface area contributed by atoms with Crippen LogP contribution >= 0.6 is 0 Å². The zero-order valence-corrected chi connectivity index (χ0v) is 18.5. The maximum absolute atomic E-state index is 12.6. The molecule has 0 atom stereocenters. The zero-order chi connectivity index (χ0) is 24.5. The molecule has 0 aromatic heterocycles. The summed E-state index contributed by atoms with van der Waals surface area (Å²) in [5.74, 6) is -1.32. The quantitative estimate of drug-likeness (QED) is 0.199. The summed E-state index contributed by atoms with van der Waals surface area (Å²) >= 11 is 0. The maximum Gasteiger partial charge on any atom is 0.300 e. The number of likely N-dealkylation sites (tertiary alicyclic amines) is 1. The van der Waals surface area contributed by atoms with Crippen LogP contribution in [0.3, 0.4) is 0 Å². The van der Waals surface area contributed by atoms with Gasteiger partial charge in [0.05, 0.1) is 6.42 Å². The molecular weight excluding hydrogens is 428 g/mol. The SMILES string of the molecule is CC(=O)O.Cc1cc(NC(=O)Cc2cc(C(N)=NO)ccc2O)ccc1C(=O)N1CCCC1. The summed E-state index contributed by atoms with van der Waals surface area (Å²) in [4.78, 5) is 35.8. The number of amidine groups is 1. The van der Waals surface area contributed by atoms with E-state index in [1.54, 1.807) is 18.2 Å². The second-order valence-electron chi connectivity index (χ2n) is 7.60. The van der Waals surface area contributed by atoms with Crippen LogP contribution < -0.4 is 11.1 Å². The minimum Gasteiger partial charge on any atom is -0.508 e. The van der Waals surface area contributed by atoms with Gasteiger partial charge in [0, 0.05) is 42.4 Å². The van der Waals surface area contributed by atoms with Gasteiger partial charge in [0.15, 0.2) is 5.84 Å². The molecule has 1 saturated heterocycles. The molecule has 0 radical (unpaired) electrons. The monoisotopic (exact) mass is 456 g/mol. The first-order chi connectivity index (χ1) is 15.6. The molecule has 1 fully saturated rings. The number of benzene rings is 2.